The fourth-order valence-electron chi connectivity index (χ4n) is 2.55. The molecule has 1 rings (SSSR count). The molecule has 1 atom stereocenters. The van der Waals surface area contributed by atoms with Crippen LogP contribution in [0, 0.1) is 11.3 Å². The van der Waals surface area contributed by atoms with Crippen LogP contribution in [0.4, 0.5) is 0 Å². The van der Waals surface area contributed by atoms with Crippen molar-refractivity contribution in [1.29, 1.82) is 0 Å². The van der Waals surface area contributed by atoms with E-state index in [1.54, 1.807) is 18.9 Å². The SMILES string of the molecule is CC(C)C(C)(CC(=O)N(C)C1CCN(C)CC1)C(=O)O. The average Bonchev–Trinajstić information content (AvgIpc) is 2.38. The monoisotopic (exact) mass is 284 g/mol. The summed E-state index contributed by atoms with van der Waals surface area (Å²) in [7, 11) is 3.89. The van der Waals surface area contributed by atoms with Crippen LogP contribution in [-0.4, -0.2) is 60.0 Å². The number of hydrogen-bond acceptors (Lipinski definition) is 3. The van der Waals surface area contributed by atoms with Crippen molar-refractivity contribution >= 4 is 11.9 Å². The molecule has 1 heterocycles. The summed E-state index contributed by atoms with van der Waals surface area (Å²) in [5.74, 6) is -1.02. The van der Waals surface area contributed by atoms with E-state index in [4.69, 9.17) is 0 Å². The van der Waals surface area contributed by atoms with Crippen LogP contribution in [-0.2, 0) is 9.59 Å². The normalized spacial score (nSPS) is 20.7. The minimum atomic E-state index is -0.989. The Balaban J connectivity index is 2.67. The van der Waals surface area contributed by atoms with Crippen LogP contribution in [0.1, 0.15) is 40.0 Å². The van der Waals surface area contributed by atoms with Crippen LogP contribution in [0.2, 0.25) is 0 Å². The van der Waals surface area contributed by atoms with Gasteiger partial charge in [-0.05, 0) is 45.8 Å². The topological polar surface area (TPSA) is 60.9 Å². The second-order valence-corrected chi connectivity index (χ2v) is 6.59. The number of amides is 1. The van der Waals surface area contributed by atoms with Crippen molar-refractivity contribution in [3.8, 4) is 0 Å². The van der Waals surface area contributed by atoms with Crippen molar-refractivity contribution in [3.63, 3.8) is 0 Å². The Morgan fingerprint density at radius 2 is 1.85 bits per heavy atom. The third kappa shape index (κ3) is 3.72. The summed E-state index contributed by atoms with van der Waals surface area (Å²) in [6.45, 7) is 7.36. The molecule has 5 nitrogen and oxygen atoms in total. The Kier molecular flexibility index (Phi) is 5.57. The molecule has 1 fully saturated rings. The largest absolute Gasteiger partial charge is 0.481 e. The first-order valence-electron chi connectivity index (χ1n) is 7.36. The Bertz CT molecular complexity index is 362. The Morgan fingerprint density at radius 1 is 1.35 bits per heavy atom. The zero-order valence-electron chi connectivity index (χ0n) is 13.3. The number of carboxylic acid groups (broad SMARTS) is 1. The van der Waals surface area contributed by atoms with E-state index in [2.05, 4.69) is 11.9 Å². The van der Waals surface area contributed by atoms with Crippen LogP contribution in [0.15, 0.2) is 0 Å². The molecule has 0 aromatic rings. The standard InChI is InChI=1S/C15H28N2O3/c1-11(2)15(3,14(19)20)10-13(18)17(5)12-6-8-16(4)9-7-12/h11-12H,6-10H2,1-5H3,(H,19,20). The highest BCUT2D eigenvalue weighted by Crippen LogP contribution is 2.32. The zero-order chi connectivity index (χ0) is 15.5. The summed E-state index contributed by atoms with van der Waals surface area (Å²) in [6.07, 6.45) is 2.00. The van der Waals surface area contributed by atoms with Crippen molar-refractivity contribution < 1.29 is 14.7 Å². The Hall–Kier alpha value is -1.10. The van der Waals surface area contributed by atoms with Gasteiger partial charge in [0.05, 0.1) is 5.41 Å². The Morgan fingerprint density at radius 3 is 2.25 bits per heavy atom. The lowest BCUT2D eigenvalue weighted by atomic mass is 9.76. The molecular weight excluding hydrogens is 256 g/mol. The molecule has 116 valence electrons. The number of aliphatic carboxylic acids is 1. The number of carbonyl (C=O) groups is 2. The smallest absolute Gasteiger partial charge is 0.310 e. The quantitative estimate of drug-likeness (QED) is 0.834. The number of hydrogen-bond donors (Lipinski definition) is 1. The highest BCUT2D eigenvalue weighted by Gasteiger charge is 2.40. The van der Waals surface area contributed by atoms with E-state index in [1.807, 2.05) is 13.8 Å². The molecule has 5 heteroatoms. The molecule has 0 aliphatic carbocycles. The molecule has 1 N–H and O–H groups in total. The molecule has 0 saturated carbocycles. The molecule has 1 unspecified atom stereocenters. The van der Waals surface area contributed by atoms with Crippen LogP contribution in [0.5, 0.6) is 0 Å². The molecule has 0 radical (unpaired) electrons. The first-order valence-corrected chi connectivity index (χ1v) is 7.36. The molecule has 20 heavy (non-hydrogen) atoms. The summed E-state index contributed by atoms with van der Waals surface area (Å²) < 4.78 is 0. The second kappa shape index (κ2) is 6.57. The van der Waals surface area contributed by atoms with Crippen molar-refractivity contribution in [2.24, 2.45) is 11.3 Å². The molecule has 1 aliphatic heterocycles. The first-order chi connectivity index (χ1) is 9.18. The molecule has 1 amide bonds. The van der Waals surface area contributed by atoms with Gasteiger partial charge in [0.2, 0.25) is 5.91 Å². The van der Waals surface area contributed by atoms with E-state index in [0.717, 1.165) is 25.9 Å². The fourth-order valence-corrected chi connectivity index (χ4v) is 2.55. The second-order valence-electron chi connectivity index (χ2n) is 6.59. The maximum atomic E-state index is 12.4. The number of likely N-dealkylation sites (tertiary alicyclic amines) is 1. The van der Waals surface area contributed by atoms with Crippen molar-refractivity contribution in [1.82, 2.24) is 9.80 Å². The van der Waals surface area contributed by atoms with Crippen molar-refractivity contribution in [2.75, 3.05) is 27.2 Å². The van der Waals surface area contributed by atoms with Gasteiger partial charge in [0, 0.05) is 19.5 Å². The molecule has 0 bridgehead atoms. The number of carboxylic acids is 1. The van der Waals surface area contributed by atoms with E-state index in [1.165, 1.54) is 0 Å². The number of rotatable bonds is 5. The minimum Gasteiger partial charge on any atom is -0.481 e. The maximum Gasteiger partial charge on any atom is 0.310 e. The fraction of sp³-hybridized carbons (Fsp3) is 0.867. The van der Waals surface area contributed by atoms with E-state index >= 15 is 0 Å². The van der Waals surface area contributed by atoms with Gasteiger partial charge in [-0.1, -0.05) is 13.8 Å². The third-order valence-electron chi connectivity index (χ3n) is 4.91. The zero-order valence-corrected chi connectivity index (χ0v) is 13.3. The summed E-state index contributed by atoms with van der Waals surface area (Å²) >= 11 is 0. The van der Waals surface area contributed by atoms with Crippen LogP contribution >= 0.6 is 0 Å². The van der Waals surface area contributed by atoms with Gasteiger partial charge in [-0.15, -0.1) is 0 Å². The van der Waals surface area contributed by atoms with Gasteiger partial charge < -0.3 is 14.9 Å². The first kappa shape index (κ1) is 17.0. The summed E-state index contributed by atoms with van der Waals surface area (Å²) in [6, 6.07) is 0.240. The van der Waals surface area contributed by atoms with Crippen LogP contribution in [0.3, 0.4) is 0 Å². The van der Waals surface area contributed by atoms with Gasteiger partial charge in [-0.3, -0.25) is 9.59 Å². The van der Waals surface area contributed by atoms with Gasteiger partial charge in [0.1, 0.15) is 0 Å². The summed E-state index contributed by atoms with van der Waals surface area (Å²) in [5, 5.41) is 9.40. The van der Waals surface area contributed by atoms with E-state index in [0.29, 0.717) is 0 Å². The highest BCUT2D eigenvalue weighted by atomic mass is 16.4. The number of piperidine rings is 1. The molecule has 1 saturated heterocycles. The average molecular weight is 284 g/mol. The number of carbonyl (C=O) groups excluding carboxylic acids is 1. The molecule has 0 spiro atoms. The number of nitrogens with zero attached hydrogens (tertiary/aromatic N) is 2. The molecule has 0 aromatic heterocycles. The van der Waals surface area contributed by atoms with E-state index in [9.17, 15) is 14.7 Å². The van der Waals surface area contributed by atoms with Gasteiger partial charge >= 0.3 is 5.97 Å². The maximum absolute atomic E-state index is 12.4. The van der Waals surface area contributed by atoms with E-state index < -0.39 is 11.4 Å². The lowest BCUT2D eigenvalue weighted by molar-refractivity contribution is -0.156. The van der Waals surface area contributed by atoms with Crippen LogP contribution < -0.4 is 0 Å². The molecular formula is C15H28N2O3. The summed E-state index contributed by atoms with van der Waals surface area (Å²) in [5.41, 5.74) is -0.989. The highest BCUT2D eigenvalue weighted by molar-refractivity contribution is 5.85. The minimum absolute atomic E-state index is 0.0573. The predicted molar refractivity (Wildman–Crippen MR) is 78.5 cm³/mol. The molecule has 0 aromatic carbocycles. The van der Waals surface area contributed by atoms with Gasteiger partial charge in [0.15, 0.2) is 0 Å². The van der Waals surface area contributed by atoms with Gasteiger partial charge in [-0.2, -0.15) is 0 Å². The lowest BCUT2D eigenvalue weighted by Crippen LogP contribution is -2.47. The lowest BCUT2D eigenvalue weighted by Gasteiger charge is -2.37. The van der Waals surface area contributed by atoms with E-state index in [-0.39, 0.29) is 24.3 Å². The van der Waals surface area contributed by atoms with Gasteiger partial charge in [0.25, 0.3) is 0 Å². The van der Waals surface area contributed by atoms with Crippen LogP contribution in [0.25, 0.3) is 0 Å². The van der Waals surface area contributed by atoms with Crippen molar-refractivity contribution in [3.05, 3.63) is 0 Å². The van der Waals surface area contributed by atoms with Gasteiger partial charge in [-0.25, -0.2) is 0 Å². The summed E-state index contributed by atoms with van der Waals surface area (Å²) in [4.78, 5) is 27.9. The predicted octanol–water partition coefficient (Wildman–Crippen LogP) is 1.68. The third-order valence-corrected chi connectivity index (χ3v) is 4.91. The Labute approximate surface area is 121 Å². The van der Waals surface area contributed by atoms with Crippen molar-refractivity contribution in [2.45, 2.75) is 46.1 Å². The molecule has 1 aliphatic rings.